The maximum absolute atomic E-state index is 12.3. The SMILES string of the molecule is COC(=O)c1ccc(CS(=O)(=O)c2cccc(Cl)c2)cc1O. The summed E-state index contributed by atoms with van der Waals surface area (Å²) in [6.45, 7) is 0. The zero-order valence-electron chi connectivity index (χ0n) is 11.6. The fourth-order valence-corrected chi connectivity index (χ4v) is 3.55. The molecule has 0 fully saturated rings. The lowest BCUT2D eigenvalue weighted by molar-refractivity contribution is 0.0597. The molecule has 0 bridgehead atoms. The molecule has 0 saturated heterocycles. The largest absolute Gasteiger partial charge is 0.507 e. The van der Waals surface area contributed by atoms with Gasteiger partial charge in [-0.15, -0.1) is 0 Å². The fourth-order valence-electron chi connectivity index (χ4n) is 1.91. The summed E-state index contributed by atoms with van der Waals surface area (Å²) in [6.07, 6.45) is 0. The molecule has 0 unspecified atom stereocenters. The third-order valence-corrected chi connectivity index (χ3v) is 4.90. The van der Waals surface area contributed by atoms with Crippen molar-refractivity contribution in [1.82, 2.24) is 0 Å². The molecule has 0 spiro atoms. The quantitative estimate of drug-likeness (QED) is 0.865. The standard InChI is InChI=1S/C15H13ClO5S/c1-21-15(18)13-6-5-10(7-14(13)17)9-22(19,20)12-4-2-3-11(16)8-12/h2-8,17H,9H2,1H3. The molecule has 0 amide bonds. The van der Waals surface area contributed by atoms with E-state index >= 15 is 0 Å². The molecule has 0 radical (unpaired) electrons. The Balaban J connectivity index is 2.31. The molecular weight excluding hydrogens is 328 g/mol. The first-order valence-electron chi connectivity index (χ1n) is 6.22. The van der Waals surface area contributed by atoms with E-state index in [1.54, 1.807) is 12.1 Å². The molecule has 0 saturated carbocycles. The average Bonchev–Trinajstić information content (AvgIpc) is 2.46. The van der Waals surface area contributed by atoms with Crippen molar-refractivity contribution in [2.45, 2.75) is 10.6 Å². The Kier molecular flexibility index (Phi) is 4.73. The van der Waals surface area contributed by atoms with Gasteiger partial charge in [-0.3, -0.25) is 0 Å². The van der Waals surface area contributed by atoms with Crippen LogP contribution in [0.5, 0.6) is 5.75 Å². The van der Waals surface area contributed by atoms with Crippen LogP contribution in [0.15, 0.2) is 47.4 Å². The third-order valence-electron chi connectivity index (χ3n) is 2.98. The molecule has 22 heavy (non-hydrogen) atoms. The Morgan fingerprint density at radius 1 is 1.23 bits per heavy atom. The topological polar surface area (TPSA) is 80.7 Å². The zero-order valence-corrected chi connectivity index (χ0v) is 13.2. The van der Waals surface area contributed by atoms with E-state index in [-0.39, 0.29) is 22.0 Å². The summed E-state index contributed by atoms with van der Waals surface area (Å²) in [5.74, 6) is -1.34. The number of phenolic OH excluding ortho intramolecular Hbond substituents is 1. The maximum Gasteiger partial charge on any atom is 0.341 e. The van der Waals surface area contributed by atoms with Gasteiger partial charge in [-0.05, 0) is 35.9 Å². The van der Waals surface area contributed by atoms with Crippen LogP contribution in [0, 0.1) is 0 Å². The lowest BCUT2D eigenvalue weighted by atomic mass is 10.1. The highest BCUT2D eigenvalue weighted by molar-refractivity contribution is 7.90. The monoisotopic (exact) mass is 340 g/mol. The van der Waals surface area contributed by atoms with E-state index in [1.165, 1.54) is 37.4 Å². The molecule has 2 rings (SSSR count). The van der Waals surface area contributed by atoms with E-state index < -0.39 is 15.8 Å². The number of rotatable bonds is 4. The highest BCUT2D eigenvalue weighted by Crippen LogP contribution is 2.24. The van der Waals surface area contributed by atoms with Crippen molar-refractivity contribution >= 4 is 27.4 Å². The van der Waals surface area contributed by atoms with E-state index in [2.05, 4.69) is 4.74 Å². The number of halogens is 1. The number of hydrogen-bond donors (Lipinski definition) is 1. The number of aromatic hydroxyl groups is 1. The number of benzene rings is 2. The van der Waals surface area contributed by atoms with E-state index in [4.69, 9.17) is 11.6 Å². The van der Waals surface area contributed by atoms with Gasteiger partial charge >= 0.3 is 5.97 Å². The molecule has 116 valence electrons. The molecule has 2 aromatic rings. The van der Waals surface area contributed by atoms with Crippen molar-refractivity contribution in [1.29, 1.82) is 0 Å². The normalized spacial score (nSPS) is 11.2. The number of ether oxygens (including phenoxy) is 1. The molecule has 7 heteroatoms. The number of sulfone groups is 1. The van der Waals surface area contributed by atoms with Crippen molar-refractivity contribution in [2.75, 3.05) is 7.11 Å². The van der Waals surface area contributed by atoms with Crippen LogP contribution in [0.4, 0.5) is 0 Å². The van der Waals surface area contributed by atoms with Gasteiger partial charge in [0.15, 0.2) is 9.84 Å². The number of hydrogen-bond acceptors (Lipinski definition) is 5. The second-order valence-electron chi connectivity index (χ2n) is 4.56. The second kappa shape index (κ2) is 6.37. The Bertz CT molecular complexity index is 814. The molecule has 0 atom stereocenters. The van der Waals surface area contributed by atoms with Crippen LogP contribution in [-0.2, 0) is 20.3 Å². The number of carbonyl (C=O) groups is 1. The number of carbonyl (C=O) groups excluding carboxylic acids is 1. The van der Waals surface area contributed by atoms with E-state index in [1.807, 2.05) is 0 Å². The second-order valence-corrected chi connectivity index (χ2v) is 6.99. The summed E-state index contributed by atoms with van der Waals surface area (Å²) in [6, 6.07) is 9.94. The summed E-state index contributed by atoms with van der Waals surface area (Å²) in [7, 11) is -2.41. The highest BCUT2D eigenvalue weighted by atomic mass is 35.5. The van der Waals surface area contributed by atoms with Crippen molar-refractivity contribution in [3.63, 3.8) is 0 Å². The van der Waals surface area contributed by atoms with Crippen LogP contribution in [0.1, 0.15) is 15.9 Å². The van der Waals surface area contributed by atoms with Gasteiger partial charge in [-0.2, -0.15) is 0 Å². The number of methoxy groups -OCH3 is 1. The van der Waals surface area contributed by atoms with Gasteiger partial charge in [0.1, 0.15) is 11.3 Å². The van der Waals surface area contributed by atoms with Gasteiger partial charge < -0.3 is 9.84 Å². The highest BCUT2D eigenvalue weighted by Gasteiger charge is 2.18. The average molecular weight is 341 g/mol. The van der Waals surface area contributed by atoms with Crippen molar-refractivity contribution in [3.8, 4) is 5.75 Å². The van der Waals surface area contributed by atoms with Gasteiger partial charge in [-0.1, -0.05) is 23.7 Å². The summed E-state index contributed by atoms with van der Waals surface area (Å²) in [5.41, 5.74) is 0.330. The number of esters is 1. The summed E-state index contributed by atoms with van der Waals surface area (Å²) in [5, 5.41) is 10.1. The third kappa shape index (κ3) is 3.58. The minimum atomic E-state index is -3.60. The molecule has 0 aliphatic rings. The molecule has 0 aliphatic carbocycles. The minimum Gasteiger partial charge on any atom is -0.507 e. The molecule has 2 aromatic carbocycles. The van der Waals surface area contributed by atoms with Crippen molar-refractivity contribution < 1.29 is 23.1 Å². The lowest BCUT2D eigenvalue weighted by Gasteiger charge is -2.07. The minimum absolute atomic E-state index is 0.0218. The lowest BCUT2D eigenvalue weighted by Crippen LogP contribution is -2.06. The first kappa shape index (κ1) is 16.3. The molecule has 1 N–H and O–H groups in total. The molecule has 0 aliphatic heterocycles. The molecule has 5 nitrogen and oxygen atoms in total. The van der Waals surface area contributed by atoms with Crippen molar-refractivity contribution in [2.24, 2.45) is 0 Å². The van der Waals surface area contributed by atoms with Gasteiger partial charge in [-0.25, -0.2) is 13.2 Å². The number of phenols is 1. The van der Waals surface area contributed by atoms with Crippen LogP contribution in [-0.4, -0.2) is 26.6 Å². The van der Waals surface area contributed by atoms with Crippen molar-refractivity contribution in [3.05, 3.63) is 58.6 Å². The fraction of sp³-hybridized carbons (Fsp3) is 0.133. The van der Waals surface area contributed by atoms with Crippen LogP contribution in [0.2, 0.25) is 5.02 Å². The summed E-state index contributed by atoms with van der Waals surface area (Å²) in [4.78, 5) is 11.5. The Morgan fingerprint density at radius 3 is 2.55 bits per heavy atom. The summed E-state index contributed by atoms with van der Waals surface area (Å²) >= 11 is 5.79. The van der Waals surface area contributed by atoms with E-state index in [0.29, 0.717) is 10.6 Å². The Hall–Kier alpha value is -2.05. The zero-order chi connectivity index (χ0) is 16.3. The predicted octanol–water partition coefficient (Wildman–Crippen LogP) is 2.81. The van der Waals surface area contributed by atoms with E-state index in [0.717, 1.165) is 0 Å². The van der Waals surface area contributed by atoms with Gasteiger partial charge in [0.2, 0.25) is 0 Å². The van der Waals surface area contributed by atoms with Gasteiger partial charge in [0.05, 0.1) is 17.8 Å². The molecule has 0 heterocycles. The molecular formula is C15H13ClO5S. The van der Waals surface area contributed by atoms with Gasteiger partial charge in [0.25, 0.3) is 0 Å². The van der Waals surface area contributed by atoms with Crippen LogP contribution in [0.25, 0.3) is 0 Å². The van der Waals surface area contributed by atoms with E-state index in [9.17, 15) is 18.3 Å². The summed E-state index contributed by atoms with van der Waals surface area (Å²) < 4.78 is 29.1. The van der Waals surface area contributed by atoms with Gasteiger partial charge in [0, 0.05) is 5.02 Å². The smallest absolute Gasteiger partial charge is 0.341 e. The van der Waals surface area contributed by atoms with Crippen LogP contribution < -0.4 is 0 Å². The molecule has 0 aromatic heterocycles. The maximum atomic E-state index is 12.3. The van der Waals surface area contributed by atoms with Crippen LogP contribution in [0.3, 0.4) is 0 Å². The first-order valence-corrected chi connectivity index (χ1v) is 8.25. The predicted molar refractivity (Wildman–Crippen MR) is 81.8 cm³/mol. The Morgan fingerprint density at radius 2 is 1.95 bits per heavy atom. The van der Waals surface area contributed by atoms with Crippen LogP contribution >= 0.6 is 11.6 Å². The first-order chi connectivity index (χ1) is 10.3. The Labute approximate surface area is 133 Å².